The molecule has 0 radical (unpaired) electrons. The first-order chi connectivity index (χ1) is 7.76. The molecule has 2 rings (SSSR count). The van der Waals surface area contributed by atoms with Gasteiger partial charge >= 0.3 is 0 Å². The van der Waals surface area contributed by atoms with Gasteiger partial charge in [0.05, 0.1) is 6.04 Å². The summed E-state index contributed by atoms with van der Waals surface area (Å²) in [7, 11) is 0. The maximum Gasteiger partial charge on any atom is 0.0813 e. The summed E-state index contributed by atoms with van der Waals surface area (Å²) < 4.78 is 0. The Hall–Kier alpha value is -0.680. The summed E-state index contributed by atoms with van der Waals surface area (Å²) in [6.07, 6.45) is 1.06. The van der Waals surface area contributed by atoms with E-state index in [1.807, 2.05) is 0 Å². The first kappa shape index (κ1) is 11.8. The van der Waals surface area contributed by atoms with Gasteiger partial charge in [0.2, 0.25) is 0 Å². The van der Waals surface area contributed by atoms with Crippen LogP contribution in [0.5, 0.6) is 0 Å². The summed E-state index contributed by atoms with van der Waals surface area (Å²) in [4.78, 5) is 2.66. The molecule has 0 amide bonds. The van der Waals surface area contributed by atoms with Gasteiger partial charge in [-0.25, -0.2) is 5.43 Å². The van der Waals surface area contributed by atoms with E-state index >= 15 is 0 Å². The molecule has 2 heterocycles. The molecule has 0 saturated heterocycles. The Kier molecular flexibility index (Phi) is 3.76. The Labute approximate surface area is 104 Å². The molecule has 0 aliphatic heterocycles. The number of hydrogen-bond donors (Lipinski definition) is 2. The fourth-order valence-electron chi connectivity index (χ4n) is 1.83. The monoisotopic (exact) mass is 252 g/mol. The number of nitrogens with one attached hydrogen (secondary N) is 1. The Bertz CT molecular complexity index is 459. The van der Waals surface area contributed by atoms with E-state index in [1.165, 1.54) is 20.9 Å². The van der Waals surface area contributed by atoms with E-state index in [9.17, 15) is 0 Å². The zero-order valence-electron chi connectivity index (χ0n) is 9.49. The van der Waals surface area contributed by atoms with Crippen LogP contribution in [0.25, 0.3) is 0 Å². The molecule has 86 valence electrons. The SMILES string of the molecule is CCc1ccsc1C(NN)c1csc(C)c1. The van der Waals surface area contributed by atoms with Crippen molar-refractivity contribution in [3.63, 3.8) is 0 Å². The van der Waals surface area contributed by atoms with Gasteiger partial charge in [-0.3, -0.25) is 5.84 Å². The molecule has 0 fully saturated rings. The molecular weight excluding hydrogens is 236 g/mol. The lowest BCUT2D eigenvalue weighted by Gasteiger charge is -2.14. The van der Waals surface area contributed by atoms with Gasteiger partial charge in [0.25, 0.3) is 0 Å². The second-order valence-corrected chi connectivity index (χ2v) is 5.82. The van der Waals surface area contributed by atoms with E-state index in [4.69, 9.17) is 5.84 Å². The van der Waals surface area contributed by atoms with E-state index in [2.05, 4.69) is 42.2 Å². The minimum Gasteiger partial charge on any atom is -0.271 e. The van der Waals surface area contributed by atoms with Crippen LogP contribution in [0.1, 0.15) is 33.8 Å². The van der Waals surface area contributed by atoms with Crippen molar-refractivity contribution in [1.29, 1.82) is 0 Å². The first-order valence-electron chi connectivity index (χ1n) is 5.33. The Balaban J connectivity index is 2.36. The minimum atomic E-state index is 0.139. The largest absolute Gasteiger partial charge is 0.271 e. The van der Waals surface area contributed by atoms with Crippen LogP contribution >= 0.6 is 22.7 Å². The van der Waals surface area contributed by atoms with Crippen molar-refractivity contribution in [3.8, 4) is 0 Å². The number of nitrogens with two attached hydrogens (primary N) is 1. The van der Waals surface area contributed by atoms with Gasteiger partial charge in [-0.2, -0.15) is 0 Å². The van der Waals surface area contributed by atoms with E-state index in [-0.39, 0.29) is 6.04 Å². The number of hydrogen-bond acceptors (Lipinski definition) is 4. The fourth-order valence-corrected chi connectivity index (χ4v) is 3.64. The second kappa shape index (κ2) is 5.10. The van der Waals surface area contributed by atoms with Gasteiger partial charge in [-0.15, -0.1) is 22.7 Å². The summed E-state index contributed by atoms with van der Waals surface area (Å²) in [6.45, 7) is 4.30. The molecule has 0 aliphatic rings. The first-order valence-corrected chi connectivity index (χ1v) is 7.09. The topological polar surface area (TPSA) is 38.0 Å². The highest BCUT2D eigenvalue weighted by Crippen LogP contribution is 2.31. The van der Waals surface area contributed by atoms with Crippen LogP contribution in [-0.2, 0) is 6.42 Å². The highest BCUT2D eigenvalue weighted by molar-refractivity contribution is 7.10. The molecule has 0 saturated carbocycles. The maximum absolute atomic E-state index is 5.69. The van der Waals surface area contributed by atoms with Crippen molar-refractivity contribution in [2.24, 2.45) is 5.84 Å². The maximum atomic E-state index is 5.69. The van der Waals surface area contributed by atoms with E-state index in [0.29, 0.717) is 0 Å². The van der Waals surface area contributed by atoms with E-state index < -0.39 is 0 Å². The van der Waals surface area contributed by atoms with Gasteiger partial charge in [0.1, 0.15) is 0 Å². The van der Waals surface area contributed by atoms with Crippen LogP contribution < -0.4 is 11.3 Å². The highest BCUT2D eigenvalue weighted by Gasteiger charge is 2.17. The number of thiophene rings is 2. The molecule has 2 aromatic rings. The molecule has 1 atom stereocenters. The highest BCUT2D eigenvalue weighted by atomic mass is 32.1. The predicted molar refractivity (Wildman–Crippen MR) is 71.9 cm³/mol. The quantitative estimate of drug-likeness (QED) is 0.647. The Morgan fingerprint density at radius 3 is 2.81 bits per heavy atom. The summed E-state index contributed by atoms with van der Waals surface area (Å²) in [5, 5.41) is 4.32. The van der Waals surface area contributed by atoms with Gasteiger partial charge in [0, 0.05) is 9.75 Å². The molecule has 16 heavy (non-hydrogen) atoms. The smallest absolute Gasteiger partial charge is 0.0813 e. The van der Waals surface area contributed by atoms with Crippen molar-refractivity contribution >= 4 is 22.7 Å². The number of aryl methyl sites for hydroxylation is 2. The van der Waals surface area contributed by atoms with Crippen LogP contribution in [0.4, 0.5) is 0 Å². The zero-order chi connectivity index (χ0) is 11.5. The third-order valence-electron chi connectivity index (χ3n) is 2.67. The molecular formula is C12H16N2S2. The van der Waals surface area contributed by atoms with E-state index in [1.54, 1.807) is 22.7 Å². The zero-order valence-corrected chi connectivity index (χ0v) is 11.1. The van der Waals surface area contributed by atoms with Gasteiger partial charge in [0.15, 0.2) is 0 Å². The lowest BCUT2D eigenvalue weighted by atomic mass is 10.0. The van der Waals surface area contributed by atoms with Crippen molar-refractivity contribution < 1.29 is 0 Å². The number of rotatable bonds is 4. The lowest BCUT2D eigenvalue weighted by Crippen LogP contribution is -2.28. The molecule has 0 aliphatic carbocycles. The lowest BCUT2D eigenvalue weighted by molar-refractivity contribution is 0.643. The van der Waals surface area contributed by atoms with Crippen LogP contribution in [0.15, 0.2) is 22.9 Å². The third-order valence-corrected chi connectivity index (χ3v) is 4.58. The third kappa shape index (κ3) is 2.20. The van der Waals surface area contributed by atoms with Crippen LogP contribution in [-0.4, -0.2) is 0 Å². The van der Waals surface area contributed by atoms with Crippen LogP contribution in [0.3, 0.4) is 0 Å². The van der Waals surface area contributed by atoms with Crippen LogP contribution in [0, 0.1) is 6.92 Å². The Morgan fingerprint density at radius 1 is 1.44 bits per heavy atom. The molecule has 2 nitrogen and oxygen atoms in total. The van der Waals surface area contributed by atoms with Gasteiger partial charge in [-0.05, 0) is 47.4 Å². The molecule has 2 aromatic heterocycles. The van der Waals surface area contributed by atoms with Crippen molar-refractivity contribution in [2.75, 3.05) is 0 Å². The molecule has 0 bridgehead atoms. The van der Waals surface area contributed by atoms with Crippen molar-refractivity contribution in [1.82, 2.24) is 5.43 Å². The molecule has 0 aromatic carbocycles. The second-order valence-electron chi connectivity index (χ2n) is 3.75. The van der Waals surface area contributed by atoms with Gasteiger partial charge in [-0.1, -0.05) is 6.92 Å². The number of hydrazine groups is 1. The fraction of sp³-hybridized carbons (Fsp3) is 0.333. The predicted octanol–water partition coefficient (Wildman–Crippen LogP) is 3.23. The summed E-state index contributed by atoms with van der Waals surface area (Å²) in [6, 6.07) is 4.53. The van der Waals surface area contributed by atoms with Crippen LogP contribution in [0.2, 0.25) is 0 Å². The van der Waals surface area contributed by atoms with Crippen molar-refractivity contribution in [3.05, 3.63) is 43.8 Å². The standard InChI is InChI=1S/C12H16N2S2/c1-3-9-4-5-15-12(9)11(14-13)10-6-8(2)16-7-10/h4-7,11,14H,3,13H2,1-2H3. The summed E-state index contributed by atoms with van der Waals surface area (Å²) in [5.41, 5.74) is 5.58. The minimum absolute atomic E-state index is 0.139. The average molecular weight is 252 g/mol. The summed E-state index contributed by atoms with van der Waals surface area (Å²) in [5.74, 6) is 5.69. The average Bonchev–Trinajstić information content (AvgIpc) is 2.89. The molecule has 4 heteroatoms. The van der Waals surface area contributed by atoms with Crippen molar-refractivity contribution in [2.45, 2.75) is 26.3 Å². The molecule has 1 unspecified atom stereocenters. The Morgan fingerprint density at radius 2 is 2.25 bits per heavy atom. The normalized spacial score (nSPS) is 12.9. The summed E-state index contributed by atoms with van der Waals surface area (Å²) >= 11 is 3.54. The molecule has 3 N–H and O–H groups in total. The van der Waals surface area contributed by atoms with E-state index in [0.717, 1.165) is 6.42 Å². The van der Waals surface area contributed by atoms with Gasteiger partial charge < -0.3 is 0 Å². The molecule has 0 spiro atoms.